The van der Waals surface area contributed by atoms with Crippen molar-refractivity contribution in [2.75, 3.05) is 12.4 Å². The van der Waals surface area contributed by atoms with Crippen LogP contribution in [0.3, 0.4) is 0 Å². The van der Waals surface area contributed by atoms with Gasteiger partial charge in [-0.05, 0) is 37.3 Å². The number of hydrogen-bond acceptors (Lipinski definition) is 5. The van der Waals surface area contributed by atoms with Crippen LogP contribution >= 0.6 is 22.9 Å². The van der Waals surface area contributed by atoms with Crippen molar-refractivity contribution in [2.45, 2.75) is 11.1 Å². The van der Waals surface area contributed by atoms with Crippen molar-refractivity contribution in [3.63, 3.8) is 0 Å². The molecular weight excluding hydrogens is 372 g/mol. The number of aliphatic hydroxyl groups excluding tert-OH is 1. The second-order valence-electron chi connectivity index (χ2n) is 5.19. The Morgan fingerprint density at radius 1 is 1.29 bits per heavy atom. The van der Waals surface area contributed by atoms with Crippen LogP contribution in [0.5, 0.6) is 0 Å². The normalized spacial score (nSPS) is 16.0. The van der Waals surface area contributed by atoms with Gasteiger partial charge < -0.3 is 10.4 Å². The summed E-state index contributed by atoms with van der Waals surface area (Å²) in [5.74, 6) is -1.21. The fourth-order valence-corrected chi connectivity index (χ4v) is 5.35. The molecule has 1 aliphatic heterocycles. The molecule has 0 unspecified atom stereocenters. The number of anilines is 1. The van der Waals surface area contributed by atoms with Crippen LogP contribution in [0.2, 0.25) is 5.02 Å². The zero-order chi connectivity index (χ0) is 17.6. The molecule has 0 atom stereocenters. The van der Waals surface area contributed by atoms with E-state index in [0.29, 0.717) is 15.0 Å². The SMILES string of the molecule is Cc1cc2c(s1)S(=O)(=O)N(C)C(O)=C2C(=O)Nc1ccc(Cl)cc1. The molecular formula is C15H13ClN2O4S2. The number of thiophene rings is 1. The molecule has 0 fully saturated rings. The molecule has 1 aliphatic rings. The van der Waals surface area contributed by atoms with Crippen molar-refractivity contribution in [1.82, 2.24) is 4.31 Å². The molecule has 0 saturated heterocycles. The van der Waals surface area contributed by atoms with Gasteiger partial charge in [0.05, 0.1) is 0 Å². The molecule has 9 heteroatoms. The fourth-order valence-electron chi connectivity index (χ4n) is 2.33. The van der Waals surface area contributed by atoms with E-state index in [1.807, 2.05) is 0 Å². The van der Waals surface area contributed by atoms with Gasteiger partial charge in [-0.15, -0.1) is 11.3 Å². The van der Waals surface area contributed by atoms with Crippen molar-refractivity contribution in [3.8, 4) is 0 Å². The average molecular weight is 385 g/mol. The largest absolute Gasteiger partial charge is 0.493 e. The second-order valence-corrected chi connectivity index (χ2v) is 9.05. The Hall–Kier alpha value is -2.03. The maximum absolute atomic E-state index is 12.6. The lowest BCUT2D eigenvalue weighted by atomic mass is 10.1. The summed E-state index contributed by atoms with van der Waals surface area (Å²) in [6.07, 6.45) is 0. The van der Waals surface area contributed by atoms with Crippen LogP contribution in [-0.4, -0.2) is 30.8 Å². The third kappa shape index (κ3) is 2.66. The van der Waals surface area contributed by atoms with E-state index < -0.39 is 21.8 Å². The Balaban J connectivity index is 2.07. The summed E-state index contributed by atoms with van der Waals surface area (Å²) in [6.45, 7) is 1.74. The van der Waals surface area contributed by atoms with Gasteiger partial charge in [0.25, 0.3) is 15.9 Å². The molecule has 1 aromatic carbocycles. The highest BCUT2D eigenvalue weighted by Crippen LogP contribution is 2.40. The minimum absolute atomic E-state index is 0.0431. The van der Waals surface area contributed by atoms with Crippen molar-refractivity contribution >= 4 is 50.1 Å². The summed E-state index contributed by atoms with van der Waals surface area (Å²) >= 11 is 6.87. The molecule has 0 radical (unpaired) electrons. The van der Waals surface area contributed by atoms with Crippen LogP contribution in [0.4, 0.5) is 5.69 Å². The van der Waals surface area contributed by atoms with Crippen molar-refractivity contribution in [3.05, 3.63) is 51.7 Å². The number of carbonyl (C=O) groups is 1. The van der Waals surface area contributed by atoms with Crippen LogP contribution in [0, 0.1) is 6.92 Å². The number of nitrogens with zero attached hydrogens (tertiary/aromatic N) is 1. The maximum Gasteiger partial charge on any atom is 0.276 e. The first-order valence-corrected chi connectivity index (χ1v) is 9.45. The Kier molecular flexibility index (Phi) is 4.06. The molecule has 126 valence electrons. The lowest BCUT2D eigenvalue weighted by Crippen LogP contribution is -2.33. The van der Waals surface area contributed by atoms with Gasteiger partial charge in [-0.1, -0.05) is 11.6 Å². The number of benzene rings is 1. The summed E-state index contributed by atoms with van der Waals surface area (Å²) < 4.78 is 25.5. The zero-order valence-electron chi connectivity index (χ0n) is 12.7. The lowest BCUT2D eigenvalue weighted by molar-refractivity contribution is -0.111. The van der Waals surface area contributed by atoms with Gasteiger partial charge in [0, 0.05) is 28.2 Å². The number of nitrogens with one attached hydrogen (secondary N) is 1. The minimum Gasteiger partial charge on any atom is -0.493 e. The van der Waals surface area contributed by atoms with Crippen LogP contribution in [0.25, 0.3) is 5.57 Å². The van der Waals surface area contributed by atoms with Crippen molar-refractivity contribution in [1.29, 1.82) is 0 Å². The first-order chi connectivity index (χ1) is 11.2. The summed E-state index contributed by atoms with van der Waals surface area (Å²) in [5, 5.41) is 13.4. The quantitative estimate of drug-likeness (QED) is 0.832. The van der Waals surface area contributed by atoms with Gasteiger partial charge in [0.1, 0.15) is 9.78 Å². The van der Waals surface area contributed by atoms with Gasteiger partial charge in [0.2, 0.25) is 5.88 Å². The van der Waals surface area contributed by atoms with Gasteiger partial charge in [-0.25, -0.2) is 12.7 Å². The standard InChI is InChI=1S/C15H13ClN2O4S2/c1-8-7-11-12(13(19)17-10-5-3-9(16)4-6-10)14(20)18(2)24(21,22)15(11)23-8/h3-7,20H,1-2H3,(H,17,19). The molecule has 1 aromatic heterocycles. The first-order valence-electron chi connectivity index (χ1n) is 6.81. The molecule has 0 bridgehead atoms. The number of aliphatic hydroxyl groups is 1. The highest BCUT2D eigenvalue weighted by Gasteiger charge is 2.39. The average Bonchev–Trinajstić information content (AvgIpc) is 2.90. The van der Waals surface area contributed by atoms with Crippen LogP contribution in [0.1, 0.15) is 10.4 Å². The number of sulfonamides is 1. The second kappa shape index (κ2) is 5.80. The Morgan fingerprint density at radius 2 is 1.92 bits per heavy atom. The number of rotatable bonds is 2. The van der Waals surface area contributed by atoms with Gasteiger partial charge in [-0.2, -0.15) is 0 Å². The molecule has 2 heterocycles. The topological polar surface area (TPSA) is 86.7 Å². The maximum atomic E-state index is 12.6. The number of fused-ring (bicyclic) bond motifs is 1. The highest BCUT2D eigenvalue weighted by molar-refractivity contribution is 7.91. The van der Waals surface area contributed by atoms with Gasteiger partial charge >= 0.3 is 0 Å². The molecule has 1 amide bonds. The minimum atomic E-state index is -3.85. The predicted molar refractivity (Wildman–Crippen MR) is 93.6 cm³/mol. The van der Waals surface area contributed by atoms with Gasteiger partial charge in [0.15, 0.2) is 0 Å². The third-order valence-corrected chi connectivity index (χ3v) is 7.10. The molecule has 0 saturated carbocycles. The van der Waals surface area contributed by atoms with E-state index in [9.17, 15) is 18.3 Å². The Labute approximate surface area is 148 Å². The van der Waals surface area contributed by atoms with E-state index in [1.165, 1.54) is 7.05 Å². The van der Waals surface area contributed by atoms with Crippen molar-refractivity contribution in [2.24, 2.45) is 0 Å². The monoisotopic (exact) mass is 384 g/mol. The molecule has 0 spiro atoms. The van der Waals surface area contributed by atoms with Crippen molar-refractivity contribution < 1.29 is 18.3 Å². The van der Waals surface area contributed by atoms with Crippen LogP contribution < -0.4 is 5.32 Å². The Bertz CT molecular complexity index is 962. The molecule has 2 N–H and O–H groups in total. The van der Waals surface area contributed by atoms with E-state index in [4.69, 9.17) is 11.6 Å². The highest BCUT2D eigenvalue weighted by atomic mass is 35.5. The number of hydrogen-bond donors (Lipinski definition) is 2. The Morgan fingerprint density at radius 3 is 2.54 bits per heavy atom. The molecule has 2 aromatic rings. The summed E-state index contributed by atoms with van der Waals surface area (Å²) in [6, 6.07) is 8.03. The van der Waals surface area contributed by atoms with E-state index in [2.05, 4.69) is 5.32 Å². The van der Waals surface area contributed by atoms with E-state index in [1.54, 1.807) is 37.3 Å². The van der Waals surface area contributed by atoms with Gasteiger partial charge in [-0.3, -0.25) is 4.79 Å². The fraction of sp³-hybridized carbons (Fsp3) is 0.133. The van der Waals surface area contributed by atoms with Crippen LogP contribution in [0.15, 0.2) is 40.4 Å². The van der Waals surface area contributed by atoms with E-state index in [-0.39, 0.29) is 15.3 Å². The molecule has 3 rings (SSSR count). The number of amides is 1. The molecule has 6 nitrogen and oxygen atoms in total. The predicted octanol–water partition coefficient (Wildman–Crippen LogP) is 3.21. The smallest absolute Gasteiger partial charge is 0.276 e. The lowest BCUT2D eigenvalue weighted by Gasteiger charge is -2.25. The molecule has 0 aliphatic carbocycles. The summed E-state index contributed by atoms with van der Waals surface area (Å²) in [7, 11) is -2.64. The number of aryl methyl sites for hydroxylation is 1. The van der Waals surface area contributed by atoms with E-state index >= 15 is 0 Å². The molecule has 24 heavy (non-hydrogen) atoms. The summed E-state index contributed by atoms with van der Waals surface area (Å²) in [4.78, 5) is 13.3. The number of halogens is 1. The van der Waals surface area contributed by atoms with E-state index in [0.717, 1.165) is 16.2 Å². The first kappa shape index (κ1) is 16.8. The number of carbonyl (C=O) groups excluding carboxylic acids is 1. The third-order valence-electron chi connectivity index (χ3n) is 3.54. The summed E-state index contributed by atoms with van der Waals surface area (Å²) in [5.41, 5.74) is 0.607. The van der Waals surface area contributed by atoms with Crippen LogP contribution in [-0.2, 0) is 14.8 Å². The zero-order valence-corrected chi connectivity index (χ0v) is 15.1.